The van der Waals surface area contributed by atoms with Crippen molar-refractivity contribution in [2.45, 2.75) is 19.6 Å². The van der Waals surface area contributed by atoms with Crippen LogP contribution in [-0.4, -0.2) is 39.7 Å². The molecular formula is C6H13N3Si. The van der Waals surface area contributed by atoms with Crippen LogP contribution >= 0.6 is 0 Å². The lowest BCUT2D eigenvalue weighted by atomic mass is 10.5. The highest BCUT2D eigenvalue weighted by atomic mass is 28.1. The van der Waals surface area contributed by atoms with Crippen LogP contribution in [0.1, 0.15) is 13.8 Å². The lowest BCUT2D eigenvalue weighted by Gasteiger charge is -2.26. The number of hydrogen-bond acceptors (Lipinski definition) is 3. The van der Waals surface area contributed by atoms with E-state index in [0.29, 0.717) is 5.79 Å². The summed E-state index contributed by atoms with van der Waals surface area (Å²) >= 11 is 0. The second-order valence-corrected chi connectivity index (χ2v) is 3.61. The Morgan fingerprint density at radius 1 is 1.50 bits per heavy atom. The third-order valence-corrected chi connectivity index (χ3v) is 2.80. The van der Waals surface area contributed by atoms with E-state index in [1.54, 1.807) is 0 Å². The molecule has 0 amide bonds. The Hall–Kier alpha value is -0.643. The van der Waals surface area contributed by atoms with Crippen molar-refractivity contribution in [3.63, 3.8) is 0 Å². The van der Waals surface area contributed by atoms with E-state index in [1.165, 1.54) is 0 Å². The molecule has 0 saturated heterocycles. The smallest absolute Gasteiger partial charge is 0.124 e. The molecule has 0 fully saturated rings. The summed E-state index contributed by atoms with van der Waals surface area (Å²) in [6, 6.07) is 0. The van der Waals surface area contributed by atoms with Crippen LogP contribution < -0.4 is 0 Å². The van der Waals surface area contributed by atoms with Crippen molar-refractivity contribution in [2.24, 2.45) is 9.98 Å². The predicted molar refractivity (Wildman–Crippen MR) is 47.7 cm³/mol. The zero-order valence-electron chi connectivity index (χ0n) is 6.92. The van der Waals surface area contributed by atoms with Crippen LogP contribution in [-0.2, 0) is 0 Å². The Balaban J connectivity index is 2.85. The molecule has 0 spiro atoms. The van der Waals surface area contributed by atoms with Gasteiger partial charge >= 0.3 is 0 Å². The van der Waals surface area contributed by atoms with Gasteiger partial charge in [0.15, 0.2) is 0 Å². The molecule has 10 heavy (non-hydrogen) atoms. The minimum Gasteiger partial charge on any atom is -0.345 e. The Morgan fingerprint density at radius 2 is 2.10 bits per heavy atom. The van der Waals surface area contributed by atoms with Crippen molar-refractivity contribution < 1.29 is 0 Å². The van der Waals surface area contributed by atoms with Crippen molar-refractivity contribution >= 4 is 21.9 Å². The molecule has 0 aliphatic carbocycles. The lowest BCUT2D eigenvalue weighted by molar-refractivity contribution is 0.467. The normalized spacial score (nSPS) is 26.3. The summed E-state index contributed by atoms with van der Waals surface area (Å²) in [5, 5.41) is 0. The van der Waals surface area contributed by atoms with E-state index in [0.717, 1.165) is 21.9 Å². The fourth-order valence-electron chi connectivity index (χ4n) is 0.969. The Kier molecular flexibility index (Phi) is 1.89. The fraction of sp³-hybridized carbons (Fsp3) is 0.667. The molecule has 0 radical (unpaired) electrons. The maximum atomic E-state index is 4.33. The Labute approximate surface area is 64.3 Å². The van der Waals surface area contributed by atoms with Crippen LogP contribution in [0.3, 0.4) is 0 Å². The van der Waals surface area contributed by atoms with Gasteiger partial charge in [0, 0.05) is 7.05 Å². The van der Waals surface area contributed by atoms with Crippen LogP contribution in [0.25, 0.3) is 0 Å². The molecule has 56 valence electrons. The Bertz CT molecular complexity index is 197. The first-order valence-electron chi connectivity index (χ1n) is 3.44. The van der Waals surface area contributed by atoms with Gasteiger partial charge in [-0.3, -0.25) is 4.99 Å². The number of amidine groups is 2. The van der Waals surface area contributed by atoms with Crippen molar-refractivity contribution in [3.8, 4) is 0 Å². The first-order valence-corrected chi connectivity index (χ1v) is 4.59. The molecule has 0 aromatic heterocycles. The summed E-state index contributed by atoms with van der Waals surface area (Å²) in [7, 11) is 3.10. The predicted octanol–water partition coefficient (Wildman–Crippen LogP) is -0.582. The van der Waals surface area contributed by atoms with E-state index in [2.05, 4.69) is 14.9 Å². The molecule has 1 rings (SSSR count). The van der Waals surface area contributed by atoms with Gasteiger partial charge in [-0.15, -0.1) is 0 Å². The summed E-state index contributed by atoms with van der Waals surface area (Å²) in [5.41, 5.74) is 0. The van der Waals surface area contributed by atoms with Gasteiger partial charge in [-0.1, -0.05) is 0 Å². The van der Waals surface area contributed by atoms with Crippen LogP contribution in [0.15, 0.2) is 9.98 Å². The van der Waals surface area contributed by atoms with Crippen molar-refractivity contribution in [3.05, 3.63) is 0 Å². The second-order valence-electron chi connectivity index (χ2n) is 2.58. The number of rotatable bonds is 0. The van der Waals surface area contributed by atoms with E-state index in [9.17, 15) is 0 Å². The molecule has 1 aliphatic rings. The quantitative estimate of drug-likeness (QED) is 0.430. The summed E-state index contributed by atoms with van der Waals surface area (Å²) in [4.78, 5) is 10.7. The molecule has 0 N–H and O–H groups in total. The van der Waals surface area contributed by atoms with Gasteiger partial charge < -0.3 is 4.90 Å². The zero-order chi connectivity index (χ0) is 7.72. The van der Waals surface area contributed by atoms with E-state index in [4.69, 9.17) is 0 Å². The van der Waals surface area contributed by atoms with E-state index >= 15 is 0 Å². The monoisotopic (exact) mass is 155 g/mol. The van der Waals surface area contributed by atoms with Crippen LogP contribution in [0, 0.1) is 0 Å². The molecule has 1 heterocycles. The number of hydrogen-bond donors (Lipinski definition) is 0. The topological polar surface area (TPSA) is 28.0 Å². The summed E-state index contributed by atoms with van der Waals surface area (Å²) in [5.74, 6) is 2.38. The van der Waals surface area contributed by atoms with Gasteiger partial charge in [-0.25, -0.2) is 4.99 Å². The third kappa shape index (κ3) is 1.26. The molecule has 0 aromatic rings. The highest BCUT2D eigenvalue weighted by molar-refractivity contribution is 6.15. The highest BCUT2D eigenvalue weighted by Crippen LogP contribution is 2.03. The van der Waals surface area contributed by atoms with Crippen LogP contribution in [0.5, 0.6) is 0 Å². The standard InChI is InChI=1S/C6H13N3Si/c1-4-7-5(2)9(3)6(10)8-4/h6H,1-3,10H3. The Morgan fingerprint density at radius 3 is 2.60 bits per heavy atom. The average Bonchev–Trinajstić information content (AvgIpc) is 1.82. The summed E-state index contributed by atoms with van der Waals surface area (Å²) in [6.07, 6.45) is 0. The molecule has 1 atom stereocenters. The van der Waals surface area contributed by atoms with Gasteiger partial charge in [0.1, 0.15) is 17.5 Å². The fourth-order valence-corrected chi connectivity index (χ4v) is 1.72. The van der Waals surface area contributed by atoms with Crippen LogP contribution in [0.2, 0.25) is 0 Å². The zero-order valence-corrected chi connectivity index (χ0v) is 8.92. The molecule has 1 unspecified atom stereocenters. The second kappa shape index (κ2) is 2.54. The molecular weight excluding hydrogens is 142 g/mol. The molecule has 4 heteroatoms. The first-order chi connectivity index (χ1) is 4.61. The summed E-state index contributed by atoms with van der Waals surface area (Å²) < 4.78 is 0. The van der Waals surface area contributed by atoms with Gasteiger partial charge in [-0.2, -0.15) is 0 Å². The minimum atomic E-state index is 0.387. The average molecular weight is 155 g/mol. The molecule has 0 bridgehead atoms. The molecule has 0 aromatic carbocycles. The third-order valence-electron chi connectivity index (χ3n) is 1.77. The molecule has 0 saturated carbocycles. The van der Waals surface area contributed by atoms with E-state index < -0.39 is 0 Å². The number of nitrogens with zero attached hydrogens (tertiary/aromatic N) is 3. The van der Waals surface area contributed by atoms with Crippen molar-refractivity contribution in [1.82, 2.24) is 4.90 Å². The van der Waals surface area contributed by atoms with E-state index in [-0.39, 0.29) is 0 Å². The maximum absolute atomic E-state index is 4.33. The SMILES string of the molecule is CC1=NC([SiH3])N(C)C(C)=N1. The molecule has 1 aliphatic heterocycles. The minimum absolute atomic E-state index is 0.387. The van der Waals surface area contributed by atoms with Crippen molar-refractivity contribution in [2.75, 3.05) is 7.05 Å². The summed E-state index contributed by atoms with van der Waals surface area (Å²) in [6.45, 7) is 3.96. The lowest BCUT2D eigenvalue weighted by Crippen LogP contribution is -2.38. The highest BCUT2D eigenvalue weighted by Gasteiger charge is 2.12. The van der Waals surface area contributed by atoms with Crippen molar-refractivity contribution in [1.29, 1.82) is 0 Å². The van der Waals surface area contributed by atoms with E-state index in [1.807, 2.05) is 20.9 Å². The van der Waals surface area contributed by atoms with Gasteiger partial charge in [-0.05, 0) is 13.8 Å². The maximum Gasteiger partial charge on any atom is 0.124 e. The first kappa shape index (κ1) is 7.46. The van der Waals surface area contributed by atoms with Gasteiger partial charge in [0.25, 0.3) is 0 Å². The van der Waals surface area contributed by atoms with Crippen LogP contribution in [0.4, 0.5) is 0 Å². The van der Waals surface area contributed by atoms with Gasteiger partial charge in [0.05, 0.1) is 10.2 Å². The largest absolute Gasteiger partial charge is 0.345 e. The molecule has 3 nitrogen and oxygen atoms in total. The number of aliphatic imine (C=N–C) groups is 2. The van der Waals surface area contributed by atoms with Gasteiger partial charge in [0.2, 0.25) is 0 Å².